The molecule has 0 atom stereocenters. The number of hydrogen-bond acceptors (Lipinski definition) is 5. The van der Waals surface area contributed by atoms with Crippen molar-refractivity contribution >= 4 is 17.5 Å². The van der Waals surface area contributed by atoms with E-state index in [-0.39, 0.29) is 6.79 Å². The standard InChI is InChI=1S/C20H15N3O2/c1-13-8-16-9-19-20(25-12-24-19)10-17(16)18(23-22-13)7-6-14-2-4-15(11-21)5-3-14/h2-7,9-10H,8,12H2,1H3. The summed E-state index contributed by atoms with van der Waals surface area (Å²) in [5.41, 5.74) is 5.47. The molecular formula is C20H15N3O2. The molecule has 0 amide bonds. The molecule has 4 rings (SSSR count). The molecular weight excluding hydrogens is 314 g/mol. The molecule has 5 nitrogen and oxygen atoms in total. The first kappa shape index (κ1) is 15.2. The van der Waals surface area contributed by atoms with E-state index in [4.69, 9.17) is 14.7 Å². The van der Waals surface area contributed by atoms with Gasteiger partial charge in [-0.05, 0) is 48.4 Å². The highest BCUT2D eigenvalue weighted by molar-refractivity contribution is 6.13. The van der Waals surface area contributed by atoms with Gasteiger partial charge < -0.3 is 9.47 Å². The molecule has 0 saturated carbocycles. The van der Waals surface area contributed by atoms with Gasteiger partial charge in [0, 0.05) is 17.7 Å². The lowest BCUT2D eigenvalue weighted by atomic mass is 9.97. The Balaban J connectivity index is 1.71. The second kappa shape index (κ2) is 6.25. The maximum Gasteiger partial charge on any atom is 0.231 e. The van der Waals surface area contributed by atoms with Gasteiger partial charge in [-0.25, -0.2) is 0 Å². The molecule has 0 fully saturated rings. The van der Waals surface area contributed by atoms with Gasteiger partial charge >= 0.3 is 0 Å². The quantitative estimate of drug-likeness (QED) is 0.843. The van der Waals surface area contributed by atoms with E-state index in [1.807, 2.05) is 43.3 Å². The molecule has 2 aliphatic rings. The molecule has 0 spiro atoms. The van der Waals surface area contributed by atoms with Crippen molar-refractivity contribution in [3.05, 3.63) is 64.7 Å². The zero-order valence-electron chi connectivity index (χ0n) is 13.7. The minimum absolute atomic E-state index is 0.249. The fraction of sp³-hybridized carbons (Fsp3) is 0.150. The summed E-state index contributed by atoms with van der Waals surface area (Å²) in [6.07, 6.45) is 4.62. The summed E-state index contributed by atoms with van der Waals surface area (Å²) in [5.74, 6) is 1.50. The number of allylic oxidation sites excluding steroid dienone is 1. The number of benzene rings is 2. The molecule has 2 aromatic rings. The van der Waals surface area contributed by atoms with Gasteiger partial charge in [-0.1, -0.05) is 18.2 Å². The van der Waals surface area contributed by atoms with Gasteiger partial charge in [0.25, 0.3) is 0 Å². The highest BCUT2D eigenvalue weighted by atomic mass is 16.7. The summed E-state index contributed by atoms with van der Waals surface area (Å²) < 4.78 is 11.0. The molecule has 0 bridgehead atoms. The molecule has 0 aromatic heterocycles. The van der Waals surface area contributed by atoms with Crippen LogP contribution in [0.15, 0.2) is 52.7 Å². The summed E-state index contributed by atoms with van der Waals surface area (Å²) >= 11 is 0. The Bertz CT molecular complexity index is 964. The van der Waals surface area contributed by atoms with Gasteiger partial charge in [0.05, 0.1) is 17.3 Å². The van der Waals surface area contributed by atoms with Crippen molar-refractivity contribution in [2.45, 2.75) is 13.3 Å². The fourth-order valence-corrected chi connectivity index (χ4v) is 2.84. The van der Waals surface area contributed by atoms with Crippen LogP contribution in [0.25, 0.3) is 6.08 Å². The van der Waals surface area contributed by atoms with E-state index in [0.717, 1.165) is 46.0 Å². The monoisotopic (exact) mass is 329 g/mol. The lowest BCUT2D eigenvalue weighted by Crippen LogP contribution is -2.03. The Morgan fingerprint density at radius 2 is 1.80 bits per heavy atom. The van der Waals surface area contributed by atoms with Crippen LogP contribution >= 0.6 is 0 Å². The van der Waals surface area contributed by atoms with Crippen LogP contribution in [0.4, 0.5) is 0 Å². The van der Waals surface area contributed by atoms with Crippen LogP contribution in [0.3, 0.4) is 0 Å². The number of fused-ring (bicyclic) bond motifs is 2. The van der Waals surface area contributed by atoms with E-state index in [0.29, 0.717) is 5.56 Å². The molecule has 0 aliphatic carbocycles. The number of hydrogen-bond donors (Lipinski definition) is 0. The smallest absolute Gasteiger partial charge is 0.231 e. The van der Waals surface area contributed by atoms with Crippen molar-refractivity contribution < 1.29 is 9.47 Å². The molecule has 0 saturated heterocycles. The van der Waals surface area contributed by atoms with E-state index < -0.39 is 0 Å². The minimum atomic E-state index is 0.249. The Morgan fingerprint density at radius 3 is 2.56 bits per heavy atom. The molecule has 2 aliphatic heterocycles. The highest BCUT2D eigenvalue weighted by Crippen LogP contribution is 2.36. The minimum Gasteiger partial charge on any atom is -0.454 e. The fourth-order valence-electron chi connectivity index (χ4n) is 2.84. The van der Waals surface area contributed by atoms with Crippen molar-refractivity contribution in [3.63, 3.8) is 0 Å². The first-order chi connectivity index (χ1) is 12.2. The zero-order chi connectivity index (χ0) is 17.2. The SMILES string of the molecule is CC1=NN=C(C=Cc2ccc(C#N)cc2)c2cc3c(cc2C1)OCO3. The average Bonchev–Trinajstić information content (AvgIpc) is 3.02. The van der Waals surface area contributed by atoms with Crippen molar-refractivity contribution in [3.8, 4) is 17.6 Å². The number of rotatable bonds is 2. The highest BCUT2D eigenvalue weighted by Gasteiger charge is 2.20. The third-order valence-electron chi connectivity index (χ3n) is 4.12. The van der Waals surface area contributed by atoms with Crippen LogP contribution in [0, 0.1) is 11.3 Å². The number of nitriles is 1. The number of ether oxygens (including phenoxy) is 2. The van der Waals surface area contributed by atoms with Gasteiger partial charge in [-0.3, -0.25) is 0 Å². The van der Waals surface area contributed by atoms with Crippen LogP contribution < -0.4 is 9.47 Å². The molecule has 5 heteroatoms. The zero-order valence-corrected chi connectivity index (χ0v) is 13.7. The Morgan fingerprint density at radius 1 is 1.04 bits per heavy atom. The molecule has 2 aromatic carbocycles. The second-order valence-corrected chi connectivity index (χ2v) is 5.93. The predicted molar refractivity (Wildman–Crippen MR) is 96.1 cm³/mol. The maximum absolute atomic E-state index is 8.88. The van der Waals surface area contributed by atoms with Gasteiger partial charge in [0.1, 0.15) is 0 Å². The van der Waals surface area contributed by atoms with E-state index in [1.165, 1.54) is 0 Å². The lowest BCUT2D eigenvalue weighted by molar-refractivity contribution is 0.174. The summed E-state index contributed by atoms with van der Waals surface area (Å²) in [4.78, 5) is 0. The largest absolute Gasteiger partial charge is 0.454 e. The summed E-state index contributed by atoms with van der Waals surface area (Å²) in [7, 11) is 0. The Kier molecular flexibility index (Phi) is 3.79. The lowest BCUT2D eigenvalue weighted by Gasteiger charge is -2.08. The van der Waals surface area contributed by atoms with Gasteiger partial charge in [-0.15, -0.1) is 0 Å². The molecule has 0 radical (unpaired) electrons. The van der Waals surface area contributed by atoms with Gasteiger partial charge in [-0.2, -0.15) is 15.5 Å². The van der Waals surface area contributed by atoms with Crippen LogP contribution in [0.2, 0.25) is 0 Å². The van der Waals surface area contributed by atoms with Crippen LogP contribution in [-0.2, 0) is 6.42 Å². The first-order valence-corrected chi connectivity index (χ1v) is 7.95. The molecule has 2 heterocycles. The summed E-state index contributed by atoms with van der Waals surface area (Å²) in [6.45, 7) is 2.21. The maximum atomic E-state index is 8.88. The molecule has 0 unspecified atom stereocenters. The van der Waals surface area contributed by atoms with E-state index in [9.17, 15) is 0 Å². The predicted octanol–water partition coefficient (Wildman–Crippen LogP) is 3.72. The third-order valence-corrected chi connectivity index (χ3v) is 4.12. The Labute approximate surface area is 145 Å². The van der Waals surface area contributed by atoms with Crippen LogP contribution in [-0.4, -0.2) is 18.2 Å². The molecule has 122 valence electrons. The van der Waals surface area contributed by atoms with Crippen LogP contribution in [0.1, 0.15) is 29.2 Å². The molecule has 0 N–H and O–H groups in total. The second-order valence-electron chi connectivity index (χ2n) is 5.93. The Hall–Kier alpha value is -3.39. The topological polar surface area (TPSA) is 67.0 Å². The average molecular weight is 329 g/mol. The van der Waals surface area contributed by atoms with Crippen LogP contribution in [0.5, 0.6) is 11.5 Å². The van der Waals surface area contributed by atoms with Crippen molar-refractivity contribution in [2.24, 2.45) is 10.2 Å². The molecule has 25 heavy (non-hydrogen) atoms. The summed E-state index contributed by atoms with van der Waals surface area (Å²) in [6, 6.07) is 13.5. The van der Waals surface area contributed by atoms with E-state index >= 15 is 0 Å². The van der Waals surface area contributed by atoms with Gasteiger partial charge in [0.2, 0.25) is 6.79 Å². The van der Waals surface area contributed by atoms with E-state index in [2.05, 4.69) is 16.3 Å². The van der Waals surface area contributed by atoms with Gasteiger partial charge in [0.15, 0.2) is 11.5 Å². The van der Waals surface area contributed by atoms with Crippen molar-refractivity contribution in [1.29, 1.82) is 5.26 Å². The first-order valence-electron chi connectivity index (χ1n) is 7.95. The van der Waals surface area contributed by atoms with Crippen molar-refractivity contribution in [2.75, 3.05) is 6.79 Å². The third kappa shape index (κ3) is 3.02. The van der Waals surface area contributed by atoms with E-state index in [1.54, 1.807) is 12.1 Å². The normalized spacial score (nSPS) is 15.2. The number of nitrogens with zero attached hydrogens (tertiary/aromatic N) is 3. The van der Waals surface area contributed by atoms with Crippen molar-refractivity contribution in [1.82, 2.24) is 0 Å². The summed E-state index contributed by atoms with van der Waals surface area (Å²) in [5, 5.41) is 17.6.